The first kappa shape index (κ1) is 23.0. The van der Waals surface area contributed by atoms with Crippen LogP contribution in [0.4, 0.5) is 5.69 Å². The van der Waals surface area contributed by atoms with Gasteiger partial charge in [0.05, 0.1) is 29.0 Å². The molecule has 3 aromatic rings. The Hall–Kier alpha value is -2.21. The number of thioether (sulfide) groups is 1. The minimum Gasteiger partial charge on any atom is -0.376 e. The van der Waals surface area contributed by atoms with Crippen molar-refractivity contribution in [2.75, 3.05) is 17.6 Å². The summed E-state index contributed by atoms with van der Waals surface area (Å²) in [5.74, 6) is 0.721. The van der Waals surface area contributed by atoms with Crippen LogP contribution in [0.1, 0.15) is 30.1 Å². The Morgan fingerprint density at radius 1 is 1.31 bits per heavy atom. The van der Waals surface area contributed by atoms with Crippen molar-refractivity contribution < 1.29 is 17.9 Å². The largest absolute Gasteiger partial charge is 0.376 e. The lowest BCUT2D eigenvalue weighted by molar-refractivity contribution is 0.0953. The molecule has 2 atom stereocenters. The highest BCUT2D eigenvalue weighted by molar-refractivity contribution is 8.00. The first-order valence-corrected chi connectivity index (χ1v) is 13.8. The summed E-state index contributed by atoms with van der Waals surface area (Å²) in [5, 5.41) is 11.1. The number of hydrogen-bond acceptors (Lipinski definition) is 8. The van der Waals surface area contributed by atoms with Crippen molar-refractivity contribution in [1.29, 1.82) is 0 Å². The van der Waals surface area contributed by atoms with Gasteiger partial charge in [0, 0.05) is 17.9 Å². The molecule has 1 aromatic carbocycles. The van der Waals surface area contributed by atoms with Crippen LogP contribution < -0.4 is 4.72 Å². The topological polar surface area (TPSA) is 103 Å². The van der Waals surface area contributed by atoms with Gasteiger partial charge in [-0.1, -0.05) is 17.8 Å². The Balaban J connectivity index is 1.52. The van der Waals surface area contributed by atoms with Gasteiger partial charge in [-0.2, -0.15) is 0 Å². The first-order valence-electron chi connectivity index (χ1n) is 10.2. The number of Topliss-reactive ketones (excluding diaryl/α,β-unsaturated/α-hetero) is 1. The van der Waals surface area contributed by atoms with Crippen LogP contribution in [-0.4, -0.2) is 53.2 Å². The molecule has 170 valence electrons. The molecule has 0 radical (unpaired) electrons. The number of benzene rings is 1. The monoisotopic (exact) mass is 492 g/mol. The number of sulfonamides is 1. The fourth-order valence-electron chi connectivity index (χ4n) is 3.48. The number of ether oxygens (including phenoxy) is 1. The summed E-state index contributed by atoms with van der Waals surface area (Å²) in [4.78, 5) is 14.0. The van der Waals surface area contributed by atoms with E-state index in [0.717, 1.165) is 36.4 Å². The summed E-state index contributed by atoms with van der Waals surface area (Å²) >= 11 is 2.97. The molecule has 1 fully saturated rings. The van der Waals surface area contributed by atoms with Crippen LogP contribution in [-0.2, 0) is 21.3 Å². The Bertz CT molecular complexity index is 1170. The number of thiophene rings is 1. The molecule has 32 heavy (non-hydrogen) atoms. The number of nitrogens with one attached hydrogen (secondary N) is 1. The van der Waals surface area contributed by atoms with Gasteiger partial charge in [-0.15, -0.1) is 21.5 Å². The van der Waals surface area contributed by atoms with Gasteiger partial charge in [0.1, 0.15) is 0 Å². The number of carbonyl (C=O) groups excluding carboxylic acids is 1. The highest BCUT2D eigenvalue weighted by Crippen LogP contribution is 2.31. The Kier molecular flexibility index (Phi) is 6.99. The van der Waals surface area contributed by atoms with E-state index >= 15 is 0 Å². The Morgan fingerprint density at radius 2 is 2.09 bits per heavy atom. The number of rotatable bonds is 9. The van der Waals surface area contributed by atoms with Crippen molar-refractivity contribution in [2.45, 2.75) is 42.8 Å². The van der Waals surface area contributed by atoms with E-state index in [4.69, 9.17) is 4.74 Å². The molecule has 8 nitrogen and oxygen atoms in total. The summed E-state index contributed by atoms with van der Waals surface area (Å²) in [7, 11) is -3.36. The number of ketones is 1. The van der Waals surface area contributed by atoms with Gasteiger partial charge < -0.3 is 4.74 Å². The predicted molar refractivity (Wildman–Crippen MR) is 127 cm³/mol. The normalized spacial score (nSPS) is 17.4. The second-order valence-electron chi connectivity index (χ2n) is 7.61. The molecule has 3 heterocycles. The van der Waals surface area contributed by atoms with Gasteiger partial charge >= 0.3 is 0 Å². The summed E-state index contributed by atoms with van der Waals surface area (Å²) in [5.41, 5.74) is 0.925. The summed E-state index contributed by atoms with van der Waals surface area (Å²) < 4.78 is 33.0. The molecule has 0 spiro atoms. The average molecular weight is 493 g/mol. The van der Waals surface area contributed by atoms with Crippen LogP contribution in [0.25, 0.3) is 10.7 Å². The Labute approximate surface area is 195 Å². The standard InChI is InChI=1S/C21H24N4O4S3/c1-14(19(26)15-7-9-16(10-8-15)24-32(2,27)28)31-21-23-22-20(18-6-4-12-30-18)25(21)13-17-5-3-11-29-17/h4,6-10,12,14,17,24H,3,5,11,13H2,1-2H3/t14-,17+/m1/s1. The minimum absolute atomic E-state index is 0.0646. The number of anilines is 1. The molecular formula is C21H24N4O4S3. The molecule has 0 amide bonds. The third kappa shape index (κ3) is 5.58. The van der Waals surface area contributed by atoms with Crippen molar-refractivity contribution in [2.24, 2.45) is 0 Å². The maximum Gasteiger partial charge on any atom is 0.229 e. The SMILES string of the molecule is C[C@@H](Sc1nnc(-c2cccs2)n1C[C@@H]1CCCO1)C(=O)c1ccc(NS(C)(=O)=O)cc1. The number of carbonyl (C=O) groups is 1. The summed E-state index contributed by atoms with van der Waals surface area (Å²) in [6.45, 7) is 3.25. The quantitative estimate of drug-likeness (QED) is 0.357. The van der Waals surface area contributed by atoms with E-state index < -0.39 is 15.3 Å². The van der Waals surface area contributed by atoms with Gasteiger partial charge in [0.15, 0.2) is 16.8 Å². The highest BCUT2D eigenvalue weighted by atomic mass is 32.2. The van der Waals surface area contributed by atoms with E-state index in [2.05, 4.69) is 19.5 Å². The van der Waals surface area contributed by atoms with Crippen molar-refractivity contribution in [3.05, 3.63) is 47.3 Å². The second kappa shape index (κ2) is 9.74. The van der Waals surface area contributed by atoms with E-state index in [1.807, 2.05) is 24.4 Å². The minimum atomic E-state index is -3.36. The predicted octanol–water partition coefficient (Wildman–Crippen LogP) is 3.92. The van der Waals surface area contributed by atoms with Gasteiger partial charge in [0.25, 0.3) is 0 Å². The van der Waals surface area contributed by atoms with E-state index in [9.17, 15) is 13.2 Å². The average Bonchev–Trinajstić information content (AvgIpc) is 3.50. The van der Waals surface area contributed by atoms with Crippen LogP contribution in [0, 0.1) is 0 Å². The van der Waals surface area contributed by atoms with E-state index in [1.54, 1.807) is 35.6 Å². The van der Waals surface area contributed by atoms with E-state index in [-0.39, 0.29) is 11.9 Å². The van der Waals surface area contributed by atoms with Crippen molar-refractivity contribution in [3.8, 4) is 10.7 Å². The molecule has 1 aliphatic heterocycles. The lowest BCUT2D eigenvalue weighted by Crippen LogP contribution is -2.19. The van der Waals surface area contributed by atoms with Gasteiger partial charge in [-0.3, -0.25) is 14.1 Å². The third-order valence-corrected chi connectivity index (χ3v) is 7.55. The fraction of sp³-hybridized carbons (Fsp3) is 0.381. The molecule has 2 aromatic heterocycles. The molecular weight excluding hydrogens is 468 g/mol. The number of hydrogen-bond donors (Lipinski definition) is 1. The van der Waals surface area contributed by atoms with Crippen LogP contribution in [0.2, 0.25) is 0 Å². The van der Waals surface area contributed by atoms with Gasteiger partial charge in [-0.25, -0.2) is 8.42 Å². The lowest BCUT2D eigenvalue weighted by Gasteiger charge is -2.16. The van der Waals surface area contributed by atoms with Crippen molar-refractivity contribution in [1.82, 2.24) is 14.8 Å². The number of nitrogens with zero attached hydrogens (tertiary/aromatic N) is 3. The molecule has 1 N–H and O–H groups in total. The highest BCUT2D eigenvalue weighted by Gasteiger charge is 2.25. The molecule has 0 aliphatic carbocycles. The summed E-state index contributed by atoms with van der Waals surface area (Å²) in [6, 6.07) is 10.4. The van der Waals surface area contributed by atoms with Crippen LogP contribution in [0.3, 0.4) is 0 Å². The molecule has 0 bridgehead atoms. The molecule has 11 heteroatoms. The zero-order chi connectivity index (χ0) is 22.7. The third-order valence-electron chi connectivity index (χ3n) is 4.99. The zero-order valence-corrected chi connectivity index (χ0v) is 20.2. The second-order valence-corrected chi connectivity index (χ2v) is 11.6. The smallest absolute Gasteiger partial charge is 0.229 e. The maximum absolute atomic E-state index is 13.0. The first-order chi connectivity index (χ1) is 15.3. The molecule has 4 rings (SSSR count). The van der Waals surface area contributed by atoms with E-state index in [0.29, 0.717) is 23.0 Å². The molecule has 1 saturated heterocycles. The fourth-order valence-corrected chi connectivity index (χ4v) is 5.70. The maximum atomic E-state index is 13.0. The molecule has 1 aliphatic rings. The number of aromatic nitrogens is 3. The summed E-state index contributed by atoms with van der Waals surface area (Å²) in [6.07, 6.45) is 3.24. The van der Waals surface area contributed by atoms with Crippen LogP contribution in [0.15, 0.2) is 46.9 Å². The van der Waals surface area contributed by atoms with Crippen LogP contribution in [0.5, 0.6) is 0 Å². The van der Waals surface area contributed by atoms with E-state index in [1.165, 1.54) is 11.8 Å². The van der Waals surface area contributed by atoms with Crippen molar-refractivity contribution in [3.63, 3.8) is 0 Å². The Morgan fingerprint density at radius 3 is 2.72 bits per heavy atom. The van der Waals surface area contributed by atoms with Crippen molar-refractivity contribution >= 4 is 44.6 Å². The van der Waals surface area contributed by atoms with Gasteiger partial charge in [-0.05, 0) is 55.5 Å². The van der Waals surface area contributed by atoms with Gasteiger partial charge in [0.2, 0.25) is 10.0 Å². The zero-order valence-electron chi connectivity index (χ0n) is 17.7. The lowest BCUT2D eigenvalue weighted by atomic mass is 10.1. The van der Waals surface area contributed by atoms with Crippen LogP contribution >= 0.6 is 23.1 Å². The molecule has 0 unspecified atom stereocenters. The molecule has 0 saturated carbocycles.